The molecule has 26 heteroatoms. The van der Waals surface area contributed by atoms with Gasteiger partial charge in [-0.2, -0.15) is 4.98 Å². The first-order chi connectivity index (χ1) is 40.5. The molecule has 5 aliphatic rings. The Morgan fingerprint density at radius 3 is 2.31 bits per heavy atom. The number of likely N-dealkylation sites (tertiary alicyclic amines) is 1. The standard InChI is InChI=1S/C58H72ClF2N15O7.In/c1-62-50(77)35-83-49-27-38-25-42(28-48(82-5)52(38)70(4)56(49)80)67-54-45(59)31-64-57(68-54)74-16-8-36(9-17-74)55(79)73-23-21-71(22-24-73)15-13-51(78)72-18-10-41(11-19-72)66-46-12-20-76(58(81)63-2)34-40(46)33-75-14-6-7-37-26-43(39-30-65-69(3)32-39)44(53(60)61)29-47(37)75;/h25-32,36,41,53,66H,6-24,34-35H2,1-5H3,(H,62,77)(H,63,81)(H,64,67,68);. The van der Waals surface area contributed by atoms with Gasteiger partial charge in [-0.1, -0.05) is 11.6 Å². The summed E-state index contributed by atoms with van der Waals surface area (Å²) in [7, 11) is 8.01. The van der Waals surface area contributed by atoms with Crippen LogP contribution in [-0.2, 0) is 34.9 Å². The van der Waals surface area contributed by atoms with Gasteiger partial charge in [0, 0.05) is 76.4 Å². The normalized spacial score (nSPS) is 17.4. The molecule has 0 spiro atoms. The Balaban J connectivity index is 0.689. The summed E-state index contributed by atoms with van der Waals surface area (Å²) in [5, 5.41) is 17.5. The first kappa shape index (κ1) is 60.1. The van der Waals surface area contributed by atoms with Crippen LogP contribution >= 0.6 is 11.6 Å². The molecule has 4 N–H and O–H groups in total. The van der Waals surface area contributed by atoms with Gasteiger partial charge in [0.25, 0.3) is 11.5 Å². The Morgan fingerprint density at radius 1 is 0.857 bits per heavy atom. The molecule has 3 saturated heterocycles. The molecule has 5 amide bonds. The second-order valence-electron chi connectivity index (χ2n) is 22.0. The molecule has 0 unspecified atom stereocenters. The third-order valence-corrected chi connectivity index (χ3v) is 19.0. The summed E-state index contributed by atoms with van der Waals surface area (Å²) in [6, 6.07) is 8.66. The summed E-state index contributed by atoms with van der Waals surface area (Å²) in [4.78, 5) is 87.1. The summed E-state index contributed by atoms with van der Waals surface area (Å²) in [5.74, 6) is 1.04. The Hall–Kier alpha value is -6.99. The number of methoxy groups -OCH3 is 1. The van der Waals surface area contributed by atoms with E-state index in [2.05, 4.69) is 41.1 Å². The van der Waals surface area contributed by atoms with Crippen molar-refractivity contribution in [2.24, 2.45) is 20.0 Å². The molecule has 2 aromatic carbocycles. The Labute approximate surface area is 505 Å². The Morgan fingerprint density at radius 2 is 1.62 bits per heavy atom. The zero-order chi connectivity index (χ0) is 59.3. The van der Waals surface area contributed by atoms with Gasteiger partial charge in [0.05, 0.1) is 18.8 Å². The van der Waals surface area contributed by atoms with Crippen LogP contribution in [0.15, 0.2) is 65.0 Å². The average Bonchev–Trinajstić information content (AvgIpc) is 3.42. The van der Waals surface area contributed by atoms with Gasteiger partial charge in [0.2, 0.25) is 11.9 Å². The zero-order valence-corrected chi connectivity index (χ0v) is 52.2. The van der Waals surface area contributed by atoms with E-state index in [9.17, 15) is 32.8 Å². The van der Waals surface area contributed by atoms with Crippen LogP contribution in [-0.4, -0.2) is 207 Å². The smallest absolute Gasteiger partial charge is 0.293 e. The second kappa shape index (κ2) is 26.5. The number of fused-ring (bicyclic) bond motifs is 2. The number of piperidine rings is 2. The van der Waals surface area contributed by atoms with Gasteiger partial charge >= 0.3 is 266 Å². The number of amides is 5. The van der Waals surface area contributed by atoms with Gasteiger partial charge in [0.15, 0.2) is 18.2 Å². The van der Waals surface area contributed by atoms with Crippen molar-refractivity contribution in [2.45, 2.75) is 63.8 Å². The monoisotopic (exact) mass is 1280 g/mol. The maximum absolute atomic E-state index is 14.8. The number of carbonyl (C=O) groups excluding carboxylic acids is 4. The molecule has 22 nitrogen and oxygen atoms in total. The molecule has 0 saturated carbocycles. The average molecular weight is 1280 g/mol. The maximum atomic E-state index is 14.8. The van der Waals surface area contributed by atoms with Crippen LogP contribution in [0.25, 0.3) is 22.0 Å². The van der Waals surface area contributed by atoms with Gasteiger partial charge in [0.1, 0.15) is 10.8 Å². The number of nitrogens with zero attached hydrogens (tertiary/aromatic N) is 11. The summed E-state index contributed by atoms with van der Waals surface area (Å²) in [5.41, 5.74) is 5.78. The molecule has 0 aliphatic carbocycles. The number of benzene rings is 2. The molecule has 10 rings (SSSR count). The predicted octanol–water partition coefficient (Wildman–Crippen LogP) is 4.58. The quantitative estimate of drug-likeness (QED) is 0.100. The minimum atomic E-state index is -2.67. The van der Waals surface area contributed by atoms with Crippen LogP contribution in [0.4, 0.5) is 36.7 Å². The van der Waals surface area contributed by atoms with E-state index >= 15 is 0 Å². The van der Waals surface area contributed by atoms with E-state index in [0.29, 0.717) is 178 Å². The predicted molar refractivity (Wildman–Crippen MR) is 319 cm³/mol. The first-order valence-corrected chi connectivity index (χ1v) is 30.7. The molecular formula is C58H72ClF2InN15O7. The van der Waals surface area contributed by atoms with Crippen LogP contribution < -0.4 is 46.1 Å². The summed E-state index contributed by atoms with van der Waals surface area (Å²) in [6.07, 6.45) is 7.79. The number of urea groups is 1. The van der Waals surface area contributed by atoms with Crippen LogP contribution in [0.5, 0.6) is 11.5 Å². The van der Waals surface area contributed by atoms with Gasteiger partial charge in [-0.25, -0.2) is 4.98 Å². The molecule has 5 aliphatic heterocycles. The van der Waals surface area contributed by atoms with Crippen molar-refractivity contribution in [3.05, 3.63) is 86.7 Å². The molecule has 0 bridgehead atoms. The fraction of sp³-hybridized carbons (Fsp3) is 0.500. The fourth-order valence-electron chi connectivity index (χ4n) is 12.1. The van der Waals surface area contributed by atoms with E-state index < -0.39 is 12.0 Å². The van der Waals surface area contributed by atoms with Crippen LogP contribution in [0.1, 0.15) is 62.5 Å². The van der Waals surface area contributed by atoms with E-state index in [0.717, 1.165) is 51.6 Å². The number of nitrogens with one attached hydrogen (secondary N) is 4. The minimum absolute atomic E-state index is 0.00892. The van der Waals surface area contributed by atoms with Crippen molar-refractivity contribution in [1.82, 2.24) is 59.9 Å². The number of aryl methyl sites for hydroxylation is 3. The molecule has 0 atom stereocenters. The second-order valence-corrected chi connectivity index (χ2v) is 24.0. The maximum Gasteiger partial charge on any atom is 0.293 e. The number of aromatic nitrogens is 5. The van der Waals surface area contributed by atoms with Crippen molar-refractivity contribution in [2.75, 3.05) is 121 Å². The molecule has 3 aromatic heterocycles. The van der Waals surface area contributed by atoms with Crippen molar-refractivity contribution in [3.8, 4) is 22.6 Å². The third-order valence-electron chi connectivity index (χ3n) is 16.8. The number of rotatable bonds is 17. The number of ether oxygens (including phenoxy) is 2. The van der Waals surface area contributed by atoms with Gasteiger partial charge in [-0.15, -0.1) is 0 Å². The first-order valence-electron chi connectivity index (χ1n) is 28.7. The van der Waals surface area contributed by atoms with Gasteiger partial charge in [-0.3, -0.25) is 14.4 Å². The van der Waals surface area contributed by atoms with Gasteiger partial charge < -0.3 is 34.5 Å². The minimum Gasteiger partial charge on any atom is -0.494 e. The summed E-state index contributed by atoms with van der Waals surface area (Å²) < 4.78 is 44.9. The number of carbonyl (C=O) groups is 4. The van der Waals surface area contributed by atoms with Crippen LogP contribution in [0.3, 0.4) is 0 Å². The van der Waals surface area contributed by atoms with E-state index in [4.69, 9.17) is 26.1 Å². The van der Waals surface area contributed by atoms with Crippen molar-refractivity contribution in [3.63, 3.8) is 0 Å². The molecular weight excluding hydrogens is 1210 g/mol. The largest absolute Gasteiger partial charge is 0.494 e. The van der Waals surface area contributed by atoms with Crippen molar-refractivity contribution < 1.29 is 37.4 Å². The van der Waals surface area contributed by atoms with E-state index in [-0.39, 0.29) is 53.6 Å². The summed E-state index contributed by atoms with van der Waals surface area (Å²) in [6.45, 7) is 6.98. The van der Waals surface area contributed by atoms with Crippen molar-refractivity contribution >= 4 is 96.7 Å². The SMILES string of the molecule is CNC(=O)COc1cc2cc(Nc3nc(N4CCC(C(=O)N5CCN(CCC(=O)N6CCC(NC7=C([C](=[In])N8CCCc9cc(-c%10cnn(C)c%10)c(C(F)F)cc98)CN(C(=O)NC)CC7)CC6)CC5)CC4)ncc3Cl)cc(OC)c2n(C)c1=O. The molecule has 8 heterocycles. The number of likely N-dealkylation sites (N-methyl/N-ethyl adjacent to an activating group) is 1. The van der Waals surface area contributed by atoms with E-state index in [1.807, 2.05) is 25.7 Å². The number of pyridine rings is 1. The third kappa shape index (κ3) is 13.3. The molecule has 84 heavy (non-hydrogen) atoms. The fourth-order valence-corrected chi connectivity index (χ4v) is 13.8. The van der Waals surface area contributed by atoms with Crippen LogP contribution in [0.2, 0.25) is 5.02 Å². The topological polar surface area (TPSA) is 220 Å². The number of piperazine rings is 1. The number of anilines is 4. The van der Waals surface area contributed by atoms with Gasteiger partial charge in [-0.05, 0) is 25.0 Å². The number of hydrogen-bond acceptors (Lipinski definition) is 15. The van der Waals surface area contributed by atoms with E-state index in [1.165, 1.54) is 24.9 Å². The Bertz CT molecular complexity index is 3410. The summed E-state index contributed by atoms with van der Waals surface area (Å²) >= 11 is 7.34. The molecule has 3 fully saturated rings. The number of hydrogen-bond donors (Lipinski definition) is 4. The van der Waals surface area contributed by atoms with E-state index in [1.54, 1.807) is 62.5 Å². The Kier molecular flexibility index (Phi) is 19.0. The van der Waals surface area contributed by atoms with Crippen molar-refractivity contribution in [1.29, 1.82) is 0 Å². The zero-order valence-electron chi connectivity index (χ0n) is 48.2. The van der Waals surface area contributed by atoms with Crippen LogP contribution in [0, 0.1) is 5.92 Å². The molecule has 1 radical (unpaired) electrons. The number of alkyl halides is 2. The number of halogens is 3. The molecule has 5 aromatic rings. The molecule has 445 valence electrons.